The molecule has 0 unspecified atom stereocenters. The Morgan fingerprint density at radius 2 is 2.60 bits per heavy atom. The van der Waals surface area contributed by atoms with Gasteiger partial charge in [0.1, 0.15) is 0 Å². The van der Waals surface area contributed by atoms with E-state index in [9.17, 15) is 0 Å². The molecule has 3 N–H and O–H groups in total. The lowest BCUT2D eigenvalue weighted by Crippen LogP contribution is -2.12. The van der Waals surface area contributed by atoms with Crippen molar-refractivity contribution in [3.63, 3.8) is 0 Å². The molecule has 0 amide bonds. The van der Waals surface area contributed by atoms with Gasteiger partial charge in [0.2, 0.25) is 0 Å². The third kappa shape index (κ3) is 2.09. The SMILES string of the molecule is N=C(N)CC1=COCCC1. The molecule has 0 bridgehead atoms. The predicted molar refractivity (Wildman–Crippen MR) is 39.8 cm³/mol. The van der Waals surface area contributed by atoms with Crippen LogP contribution in [0.25, 0.3) is 0 Å². The van der Waals surface area contributed by atoms with E-state index in [-0.39, 0.29) is 5.84 Å². The predicted octanol–water partition coefficient (Wildman–Crippen LogP) is 1.01. The smallest absolute Gasteiger partial charge is 0.0947 e. The molecule has 0 saturated heterocycles. The highest BCUT2D eigenvalue weighted by Crippen LogP contribution is 2.14. The maximum absolute atomic E-state index is 7.01. The number of hydrogen-bond acceptors (Lipinski definition) is 2. The fraction of sp³-hybridized carbons (Fsp3) is 0.571. The first-order chi connectivity index (χ1) is 4.79. The topological polar surface area (TPSA) is 59.1 Å². The van der Waals surface area contributed by atoms with Crippen LogP contribution in [0.1, 0.15) is 19.3 Å². The summed E-state index contributed by atoms with van der Waals surface area (Å²) in [6, 6.07) is 0. The van der Waals surface area contributed by atoms with Crippen LogP contribution in [0, 0.1) is 5.41 Å². The zero-order valence-corrected chi connectivity index (χ0v) is 5.89. The summed E-state index contributed by atoms with van der Waals surface area (Å²) in [5.41, 5.74) is 6.35. The van der Waals surface area contributed by atoms with Gasteiger partial charge in [0, 0.05) is 6.42 Å². The minimum absolute atomic E-state index is 0.219. The summed E-state index contributed by atoms with van der Waals surface area (Å²) in [4.78, 5) is 0. The molecule has 0 atom stereocenters. The number of amidine groups is 1. The van der Waals surface area contributed by atoms with Gasteiger partial charge in [0.05, 0.1) is 18.7 Å². The van der Waals surface area contributed by atoms with Gasteiger partial charge < -0.3 is 10.5 Å². The van der Waals surface area contributed by atoms with E-state index in [4.69, 9.17) is 15.9 Å². The van der Waals surface area contributed by atoms with Gasteiger partial charge in [-0.05, 0) is 18.4 Å². The molecule has 1 aliphatic heterocycles. The summed E-state index contributed by atoms with van der Waals surface area (Å²) in [6.07, 6.45) is 4.38. The van der Waals surface area contributed by atoms with E-state index in [1.807, 2.05) is 0 Å². The Bertz CT molecular complexity index is 163. The van der Waals surface area contributed by atoms with Crippen molar-refractivity contribution < 1.29 is 4.74 Å². The Balaban J connectivity index is 2.38. The van der Waals surface area contributed by atoms with E-state index < -0.39 is 0 Å². The molecule has 3 nitrogen and oxygen atoms in total. The Kier molecular flexibility index (Phi) is 2.31. The lowest BCUT2D eigenvalue weighted by atomic mass is 10.1. The number of nitrogens with two attached hydrogens (primary N) is 1. The average molecular weight is 140 g/mol. The van der Waals surface area contributed by atoms with Crippen LogP contribution < -0.4 is 5.73 Å². The maximum atomic E-state index is 7.01. The molecule has 56 valence electrons. The second-order valence-electron chi connectivity index (χ2n) is 2.45. The van der Waals surface area contributed by atoms with Crippen LogP contribution in [-0.4, -0.2) is 12.4 Å². The van der Waals surface area contributed by atoms with Crippen molar-refractivity contribution in [2.75, 3.05) is 6.61 Å². The van der Waals surface area contributed by atoms with Gasteiger partial charge in [-0.15, -0.1) is 0 Å². The normalized spacial score (nSPS) is 17.4. The Hall–Kier alpha value is -0.990. The third-order valence-corrected chi connectivity index (χ3v) is 1.43. The van der Waals surface area contributed by atoms with Crippen molar-refractivity contribution >= 4 is 5.84 Å². The van der Waals surface area contributed by atoms with Crippen LogP contribution in [0.4, 0.5) is 0 Å². The van der Waals surface area contributed by atoms with Crippen LogP contribution in [0.5, 0.6) is 0 Å². The monoisotopic (exact) mass is 140 g/mol. The number of ether oxygens (including phenoxy) is 1. The van der Waals surface area contributed by atoms with E-state index in [1.165, 1.54) is 0 Å². The van der Waals surface area contributed by atoms with Crippen LogP contribution in [-0.2, 0) is 4.74 Å². The number of rotatable bonds is 2. The minimum Gasteiger partial charge on any atom is -0.501 e. The van der Waals surface area contributed by atoms with Gasteiger partial charge in [-0.3, -0.25) is 5.41 Å². The lowest BCUT2D eigenvalue weighted by molar-refractivity contribution is 0.224. The van der Waals surface area contributed by atoms with Gasteiger partial charge >= 0.3 is 0 Å². The molecular weight excluding hydrogens is 128 g/mol. The first-order valence-corrected chi connectivity index (χ1v) is 3.41. The van der Waals surface area contributed by atoms with E-state index in [2.05, 4.69) is 0 Å². The van der Waals surface area contributed by atoms with Gasteiger partial charge in [-0.2, -0.15) is 0 Å². The quantitative estimate of drug-likeness (QED) is 0.444. The van der Waals surface area contributed by atoms with Crippen molar-refractivity contribution in [2.45, 2.75) is 19.3 Å². The fourth-order valence-corrected chi connectivity index (χ4v) is 0.993. The largest absolute Gasteiger partial charge is 0.501 e. The Morgan fingerprint density at radius 1 is 1.80 bits per heavy atom. The van der Waals surface area contributed by atoms with E-state index in [0.29, 0.717) is 6.42 Å². The Labute approximate surface area is 60.4 Å². The maximum Gasteiger partial charge on any atom is 0.0947 e. The zero-order valence-electron chi connectivity index (χ0n) is 5.89. The zero-order chi connectivity index (χ0) is 7.40. The fourth-order valence-electron chi connectivity index (χ4n) is 0.993. The molecule has 0 fully saturated rings. The molecule has 0 spiro atoms. The molecule has 0 aromatic heterocycles. The highest BCUT2D eigenvalue weighted by Gasteiger charge is 2.04. The van der Waals surface area contributed by atoms with Gasteiger partial charge in [-0.25, -0.2) is 0 Å². The summed E-state index contributed by atoms with van der Waals surface area (Å²) >= 11 is 0. The van der Waals surface area contributed by atoms with Crippen LogP contribution >= 0.6 is 0 Å². The summed E-state index contributed by atoms with van der Waals surface area (Å²) in [5, 5.41) is 7.01. The van der Waals surface area contributed by atoms with Crippen LogP contribution in [0.15, 0.2) is 11.8 Å². The minimum atomic E-state index is 0.219. The summed E-state index contributed by atoms with van der Waals surface area (Å²) in [6.45, 7) is 0.807. The first kappa shape index (κ1) is 7.12. The molecule has 1 heterocycles. The van der Waals surface area contributed by atoms with Crippen LogP contribution in [0.2, 0.25) is 0 Å². The summed E-state index contributed by atoms with van der Waals surface area (Å²) < 4.78 is 5.07. The van der Waals surface area contributed by atoms with Crippen molar-refractivity contribution in [2.24, 2.45) is 5.73 Å². The molecule has 1 aliphatic rings. The molecular formula is C7H12N2O. The molecule has 1 rings (SSSR count). The third-order valence-electron chi connectivity index (χ3n) is 1.43. The van der Waals surface area contributed by atoms with E-state index in [0.717, 1.165) is 25.0 Å². The summed E-state index contributed by atoms with van der Waals surface area (Å²) in [7, 11) is 0. The first-order valence-electron chi connectivity index (χ1n) is 3.41. The number of nitrogens with one attached hydrogen (secondary N) is 1. The van der Waals surface area contributed by atoms with E-state index >= 15 is 0 Å². The highest BCUT2D eigenvalue weighted by atomic mass is 16.5. The molecule has 0 aliphatic carbocycles. The summed E-state index contributed by atoms with van der Waals surface area (Å²) in [5.74, 6) is 0.219. The van der Waals surface area contributed by atoms with Crippen molar-refractivity contribution in [3.05, 3.63) is 11.8 Å². The van der Waals surface area contributed by atoms with Gasteiger partial charge in [0.15, 0.2) is 0 Å². The van der Waals surface area contributed by atoms with Crippen molar-refractivity contribution in [3.8, 4) is 0 Å². The van der Waals surface area contributed by atoms with E-state index in [1.54, 1.807) is 6.26 Å². The lowest BCUT2D eigenvalue weighted by Gasteiger charge is -2.12. The van der Waals surface area contributed by atoms with Crippen LogP contribution in [0.3, 0.4) is 0 Å². The average Bonchev–Trinajstić information content (AvgIpc) is 1.88. The molecule has 0 aromatic carbocycles. The standard InChI is InChI=1S/C7H12N2O/c8-7(9)4-6-2-1-3-10-5-6/h5H,1-4H2,(H3,8,9). The Morgan fingerprint density at radius 3 is 3.10 bits per heavy atom. The van der Waals surface area contributed by atoms with Crippen molar-refractivity contribution in [1.29, 1.82) is 5.41 Å². The number of hydrogen-bond donors (Lipinski definition) is 2. The highest BCUT2D eigenvalue weighted by molar-refractivity contribution is 5.79. The molecule has 0 aromatic rings. The van der Waals surface area contributed by atoms with Gasteiger partial charge in [-0.1, -0.05) is 0 Å². The second-order valence-corrected chi connectivity index (χ2v) is 2.45. The molecule has 0 saturated carbocycles. The van der Waals surface area contributed by atoms with Crippen molar-refractivity contribution in [1.82, 2.24) is 0 Å². The molecule has 10 heavy (non-hydrogen) atoms. The molecule has 3 heteroatoms. The van der Waals surface area contributed by atoms with Gasteiger partial charge in [0.25, 0.3) is 0 Å². The second kappa shape index (κ2) is 3.25. The molecule has 0 radical (unpaired) electrons.